The molecule has 1 heterocycles. The highest BCUT2D eigenvalue weighted by Gasteiger charge is 2.11. The first kappa shape index (κ1) is 10.3. The van der Waals surface area contributed by atoms with Crippen molar-refractivity contribution >= 4 is 6.03 Å². The van der Waals surface area contributed by atoms with Crippen LogP contribution in [0.4, 0.5) is 4.79 Å². The van der Waals surface area contributed by atoms with Crippen LogP contribution in [0.1, 0.15) is 25.7 Å². The van der Waals surface area contributed by atoms with Gasteiger partial charge in [0.25, 0.3) is 0 Å². The summed E-state index contributed by atoms with van der Waals surface area (Å²) in [5.74, 6) is 0.752. The Labute approximate surface area is 79.3 Å². The van der Waals surface area contributed by atoms with Crippen LogP contribution in [0, 0.1) is 5.92 Å². The minimum absolute atomic E-state index is 0.410. The van der Waals surface area contributed by atoms with Crippen molar-refractivity contribution in [2.45, 2.75) is 25.7 Å². The molecule has 0 aromatic rings. The zero-order valence-electron chi connectivity index (χ0n) is 8.01. The number of nitrogens with two attached hydrogens (primary N) is 1. The van der Waals surface area contributed by atoms with Crippen LogP contribution in [0.3, 0.4) is 0 Å². The number of rotatable bonds is 3. The van der Waals surface area contributed by atoms with Gasteiger partial charge in [0.1, 0.15) is 0 Å². The minimum Gasteiger partial charge on any atom is -0.352 e. The third kappa shape index (κ3) is 4.72. The summed E-state index contributed by atoms with van der Waals surface area (Å²) >= 11 is 0. The van der Waals surface area contributed by atoms with Crippen molar-refractivity contribution in [3.8, 4) is 0 Å². The maximum absolute atomic E-state index is 10.4. The predicted octanol–water partition coefficient (Wildman–Crippen LogP) is 0.434. The Hall–Kier alpha value is -0.770. The molecule has 0 aromatic heterocycles. The summed E-state index contributed by atoms with van der Waals surface area (Å²) in [6.45, 7) is 2.97. The molecule has 0 radical (unpaired) electrons. The summed E-state index contributed by atoms with van der Waals surface area (Å²) in [4.78, 5) is 10.4. The first-order valence-corrected chi connectivity index (χ1v) is 5.03. The van der Waals surface area contributed by atoms with E-state index in [0.717, 1.165) is 32.0 Å². The van der Waals surface area contributed by atoms with E-state index >= 15 is 0 Å². The molecule has 2 amide bonds. The molecule has 1 aliphatic rings. The van der Waals surface area contributed by atoms with Crippen LogP contribution in [0.2, 0.25) is 0 Å². The highest BCUT2D eigenvalue weighted by Crippen LogP contribution is 2.16. The van der Waals surface area contributed by atoms with Crippen molar-refractivity contribution in [2.24, 2.45) is 11.7 Å². The van der Waals surface area contributed by atoms with Crippen LogP contribution in [0.25, 0.3) is 0 Å². The third-order valence-electron chi connectivity index (χ3n) is 2.55. The molecule has 4 nitrogen and oxygen atoms in total. The van der Waals surface area contributed by atoms with Crippen LogP contribution in [0.5, 0.6) is 0 Å². The van der Waals surface area contributed by atoms with E-state index in [9.17, 15) is 4.79 Å². The van der Waals surface area contributed by atoms with Gasteiger partial charge in [0.2, 0.25) is 0 Å². The van der Waals surface area contributed by atoms with E-state index in [1.165, 1.54) is 19.3 Å². The largest absolute Gasteiger partial charge is 0.352 e. The lowest BCUT2D eigenvalue weighted by Crippen LogP contribution is -2.31. The van der Waals surface area contributed by atoms with Crippen molar-refractivity contribution < 1.29 is 4.79 Å². The third-order valence-corrected chi connectivity index (χ3v) is 2.55. The fourth-order valence-electron chi connectivity index (χ4n) is 1.78. The molecule has 0 saturated carbocycles. The quantitative estimate of drug-likeness (QED) is 0.597. The molecule has 0 aromatic carbocycles. The van der Waals surface area contributed by atoms with Crippen molar-refractivity contribution in [3.63, 3.8) is 0 Å². The average molecular weight is 185 g/mol. The smallest absolute Gasteiger partial charge is 0.312 e. The maximum atomic E-state index is 10.4. The molecule has 0 bridgehead atoms. The normalized spacial score (nSPS) is 23.5. The van der Waals surface area contributed by atoms with Gasteiger partial charge >= 0.3 is 6.03 Å². The van der Waals surface area contributed by atoms with E-state index in [2.05, 4.69) is 10.6 Å². The van der Waals surface area contributed by atoms with Gasteiger partial charge in [-0.2, -0.15) is 0 Å². The number of primary amides is 1. The second-order valence-corrected chi connectivity index (χ2v) is 3.63. The summed E-state index contributed by atoms with van der Waals surface area (Å²) in [6, 6.07) is -0.410. The minimum atomic E-state index is -0.410. The van der Waals surface area contributed by atoms with Gasteiger partial charge in [-0.15, -0.1) is 0 Å². The standard InChI is InChI=1S/C9H19N3O/c10-9(13)12-7-4-8-2-1-5-11-6-3-8/h8,11H,1-7H2,(H3,10,12,13). The predicted molar refractivity (Wildman–Crippen MR) is 52.4 cm³/mol. The fourth-order valence-corrected chi connectivity index (χ4v) is 1.78. The number of nitrogens with one attached hydrogen (secondary N) is 2. The summed E-state index contributed by atoms with van der Waals surface area (Å²) in [5, 5.41) is 6.00. The maximum Gasteiger partial charge on any atom is 0.312 e. The lowest BCUT2D eigenvalue weighted by molar-refractivity contribution is 0.248. The molecule has 76 valence electrons. The number of hydrogen-bond donors (Lipinski definition) is 3. The highest BCUT2D eigenvalue weighted by molar-refractivity contribution is 5.71. The van der Waals surface area contributed by atoms with Crippen LogP contribution < -0.4 is 16.4 Å². The summed E-state index contributed by atoms with van der Waals surface area (Å²) < 4.78 is 0. The SMILES string of the molecule is NC(=O)NCCC1CCCNCC1. The molecule has 0 spiro atoms. The zero-order chi connectivity index (χ0) is 9.52. The van der Waals surface area contributed by atoms with E-state index in [4.69, 9.17) is 5.73 Å². The summed E-state index contributed by atoms with van der Waals surface area (Å²) in [7, 11) is 0. The van der Waals surface area contributed by atoms with Gasteiger partial charge in [-0.25, -0.2) is 4.79 Å². The number of hydrogen-bond acceptors (Lipinski definition) is 2. The van der Waals surface area contributed by atoms with Gasteiger partial charge in [-0.1, -0.05) is 0 Å². The van der Waals surface area contributed by atoms with Crippen LogP contribution in [-0.4, -0.2) is 25.7 Å². The Morgan fingerprint density at radius 2 is 2.31 bits per heavy atom. The second kappa shape index (κ2) is 5.80. The zero-order valence-corrected chi connectivity index (χ0v) is 8.01. The van der Waals surface area contributed by atoms with E-state index in [1.54, 1.807) is 0 Å². The topological polar surface area (TPSA) is 67.2 Å². The molecular formula is C9H19N3O. The van der Waals surface area contributed by atoms with Crippen molar-refractivity contribution in [1.29, 1.82) is 0 Å². The summed E-state index contributed by atoms with van der Waals surface area (Å²) in [6.07, 6.45) is 4.81. The van der Waals surface area contributed by atoms with Crippen molar-refractivity contribution in [3.05, 3.63) is 0 Å². The van der Waals surface area contributed by atoms with E-state index in [0.29, 0.717) is 0 Å². The first-order chi connectivity index (χ1) is 6.29. The van der Waals surface area contributed by atoms with Gasteiger partial charge in [-0.3, -0.25) is 0 Å². The van der Waals surface area contributed by atoms with Gasteiger partial charge in [-0.05, 0) is 44.7 Å². The number of amides is 2. The molecule has 1 saturated heterocycles. The molecule has 1 atom stereocenters. The highest BCUT2D eigenvalue weighted by atomic mass is 16.2. The lowest BCUT2D eigenvalue weighted by Gasteiger charge is -2.12. The Morgan fingerprint density at radius 3 is 3.08 bits per heavy atom. The molecule has 1 aliphatic heterocycles. The number of urea groups is 1. The summed E-state index contributed by atoms with van der Waals surface area (Å²) in [5.41, 5.74) is 4.98. The molecule has 1 unspecified atom stereocenters. The van der Waals surface area contributed by atoms with Gasteiger partial charge < -0.3 is 16.4 Å². The van der Waals surface area contributed by atoms with Crippen molar-refractivity contribution in [1.82, 2.24) is 10.6 Å². The van der Waals surface area contributed by atoms with E-state index < -0.39 is 6.03 Å². The Kier molecular flexibility index (Phi) is 4.60. The molecule has 0 aliphatic carbocycles. The van der Waals surface area contributed by atoms with Crippen molar-refractivity contribution in [2.75, 3.05) is 19.6 Å². The first-order valence-electron chi connectivity index (χ1n) is 5.03. The second-order valence-electron chi connectivity index (χ2n) is 3.63. The molecular weight excluding hydrogens is 166 g/mol. The van der Waals surface area contributed by atoms with Gasteiger partial charge in [0.05, 0.1) is 0 Å². The van der Waals surface area contributed by atoms with Crippen LogP contribution >= 0.6 is 0 Å². The Bertz CT molecular complexity index is 153. The molecule has 4 heteroatoms. The Balaban J connectivity index is 2.08. The number of carbonyl (C=O) groups excluding carboxylic acids is 1. The van der Waals surface area contributed by atoms with Gasteiger partial charge in [0, 0.05) is 6.54 Å². The number of carbonyl (C=O) groups is 1. The molecule has 1 fully saturated rings. The fraction of sp³-hybridized carbons (Fsp3) is 0.889. The Morgan fingerprint density at radius 1 is 1.46 bits per heavy atom. The molecule has 13 heavy (non-hydrogen) atoms. The molecule has 1 rings (SSSR count). The van der Waals surface area contributed by atoms with Crippen LogP contribution in [0.15, 0.2) is 0 Å². The van der Waals surface area contributed by atoms with E-state index in [-0.39, 0.29) is 0 Å². The monoisotopic (exact) mass is 185 g/mol. The average Bonchev–Trinajstić information content (AvgIpc) is 2.32. The molecule has 4 N–H and O–H groups in total. The van der Waals surface area contributed by atoms with E-state index in [1.807, 2.05) is 0 Å². The van der Waals surface area contributed by atoms with Crippen LogP contribution in [-0.2, 0) is 0 Å². The van der Waals surface area contributed by atoms with Gasteiger partial charge in [0.15, 0.2) is 0 Å². The lowest BCUT2D eigenvalue weighted by atomic mass is 9.97.